The van der Waals surface area contributed by atoms with Gasteiger partial charge in [-0.2, -0.15) is 0 Å². The van der Waals surface area contributed by atoms with Crippen LogP contribution in [0, 0.1) is 0 Å². The van der Waals surface area contributed by atoms with Gasteiger partial charge in [-0.05, 0) is 18.2 Å². The Morgan fingerprint density at radius 2 is 2.19 bits per heavy atom. The first-order valence-electron chi connectivity index (χ1n) is 4.88. The van der Waals surface area contributed by atoms with E-state index in [0.29, 0.717) is 11.4 Å². The van der Waals surface area contributed by atoms with Gasteiger partial charge in [0.15, 0.2) is 19.4 Å². The molecule has 0 spiro atoms. The molecule has 3 heterocycles. The summed E-state index contributed by atoms with van der Waals surface area (Å²) in [5, 5.41) is 0. The molecule has 3 aromatic heterocycles. The Morgan fingerprint density at radius 1 is 1.31 bits per heavy atom. The fraction of sp³-hybridized carbons (Fsp3) is 0.0909. The zero-order valence-electron chi connectivity index (χ0n) is 8.71. The van der Waals surface area contributed by atoms with Gasteiger partial charge in [0.25, 0.3) is 0 Å². The van der Waals surface area contributed by atoms with Crippen molar-refractivity contribution in [2.45, 2.75) is 0 Å². The third kappa shape index (κ3) is 1.25. The molecular formula is C11H8BN3O. The number of hydrogen-bond donors (Lipinski definition) is 0. The second-order valence-electron chi connectivity index (χ2n) is 3.56. The highest BCUT2D eigenvalue weighted by Gasteiger charge is 2.11. The quantitative estimate of drug-likeness (QED) is 0.562. The lowest BCUT2D eigenvalue weighted by molar-refractivity contribution is 0.608. The molecule has 0 unspecified atom stereocenters. The van der Waals surface area contributed by atoms with Gasteiger partial charge >= 0.3 is 0 Å². The fourth-order valence-electron chi connectivity index (χ4n) is 1.73. The monoisotopic (exact) mass is 209 g/mol. The maximum atomic E-state index is 5.54. The van der Waals surface area contributed by atoms with E-state index in [1.54, 1.807) is 18.5 Å². The Balaban J connectivity index is 2.28. The minimum absolute atomic E-state index is 0.389. The number of imidazole rings is 1. The van der Waals surface area contributed by atoms with Gasteiger partial charge in [0.05, 0.1) is 17.2 Å². The second-order valence-corrected chi connectivity index (χ2v) is 3.56. The summed E-state index contributed by atoms with van der Waals surface area (Å²) in [6.07, 6.45) is 3.49. The van der Waals surface area contributed by atoms with E-state index in [2.05, 4.69) is 9.97 Å². The molecular weight excluding hydrogens is 201 g/mol. The van der Waals surface area contributed by atoms with Crippen LogP contribution in [0.3, 0.4) is 0 Å². The number of aromatic nitrogens is 3. The maximum Gasteiger partial charge on any atom is 0.176 e. The first kappa shape index (κ1) is 9.21. The van der Waals surface area contributed by atoms with E-state index in [-0.39, 0.29) is 0 Å². The molecule has 0 aliphatic rings. The van der Waals surface area contributed by atoms with Crippen LogP contribution in [0.2, 0.25) is 0 Å². The van der Waals surface area contributed by atoms with Crippen molar-refractivity contribution in [2.24, 2.45) is 7.05 Å². The van der Waals surface area contributed by atoms with Gasteiger partial charge in [-0.1, -0.05) is 0 Å². The first-order chi connectivity index (χ1) is 7.75. The normalized spacial score (nSPS) is 11.1. The molecule has 0 saturated heterocycles. The molecule has 0 fully saturated rings. The van der Waals surface area contributed by atoms with Gasteiger partial charge in [0, 0.05) is 18.9 Å². The number of hydrogen-bond acceptors (Lipinski definition) is 3. The Labute approximate surface area is 93.3 Å². The molecule has 3 aromatic rings. The summed E-state index contributed by atoms with van der Waals surface area (Å²) < 4.78 is 7.29. The Bertz CT molecular complexity index is 656. The van der Waals surface area contributed by atoms with E-state index in [4.69, 9.17) is 12.3 Å². The van der Waals surface area contributed by atoms with Gasteiger partial charge in [-0.25, -0.2) is 4.98 Å². The molecule has 3 rings (SSSR count). The van der Waals surface area contributed by atoms with Crippen LogP contribution in [0.15, 0.2) is 35.0 Å². The van der Waals surface area contributed by atoms with Crippen molar-refractivity contribution in [3.63, 3.8) is 0 Å². The van der Waals surface area contributed by atoms with Crippen LogP contribution in [0.25, 0.3) is 22.6 Å². The van der Waals surface area contributed by atoms with Crippen LogP contribution in [0.1, 0.15) is 0 Å². The lowest BCUT2D eigenvalue weighted by Gasteiger charge is -1.97. The number of furan rings is 1. The molecule has 0 amide bonds. The summed E-state index contributed by atoms with van der Waals surface area (Å²) in [5.41, 5.74) is 2.25. The third-order valence-electron chi connectivity index (χ3n) is 2.53. The number of nitrogens with zero attached hydrogens (tertiary/aromatic N) is 3. The minimum Gasteiger partial charge on any atom is -0.470 e. The third-order valence-corrected chi connectivity index (χ3v) is 2.53. The predicted molar refractivity (Wildman–Crippen MR) is 61.6 cm³/mol. The van der Waals surface area contributed by atoms with E-state index < -0.39 is 0 Å². The highest BCUT2D eigenvalue weighted by atomic mass is 16.3. The van der Waals surface area contributed by atoms with Crippen molar-refractivity contribution in [1.29, 1.82) is 0 Å². The van der Waals surface area contributed by atoms with Gasteiger partial charge < -0.3 is 8.98 Å². The van der Waals surface area contributed by atoms with Crippen LogP contribution in [0.5, 0.6) is 0 Å². The summed E-state index contributed by atoms with van der Waals surface area (Å²) in [6.45, 7) is 0. The summed E-state index contributed by atoms with van der Waals surface area (Å²) in [7, 11) is 7.47. The smallest absolute Gasteiger partial charge is 0.176 e. The molecule has 0 aliphatic heterocycles. The fourth-order valence-corrected chi connectivity index (χ4v) is 1.73. The lowest BCUT2D eigenvalue weighted by atomic mass is 10.1. The molecule has 0 N–H and O–H groups in total. The zero-order chi connectivity index (χ0) is 11.1. The second kappa shape index (κ2) is 3.23. The molecule has 76 valence electrons. The van der Waals surface area contributed by atoms with E-state index in [0.717, 1.165) is 16.9 Å². The van der Waals surface area contributed by atoms with E-state index in [1.165, 1.54) is 0 Å². The number of rotatable bonds is 1. The summed E-state index contributed by atoms with van der Waals surface area (Å²) in [5.74, 6) is 1.41. The maximum absolute atomic E-state index is 5.54. The van der Waals surface area contributed by atoms with Crippen molar-refractivity contribution in [2.75, 3.05) is 0 Å². The molecule has 4 nitrogen and oxygen atoms in total. The first-order valence-corrected chi connectivity index (χ1v) is 4.88. The van der Waals surface area contributed by atoms with Crippen LogP contribution in [0.4, 0.5) is 0 Å². The standard InChI is InChI=1S/C11H8BN3O/c1-15-8-6-13-5-4-7(8)14-11(15)9-2-3-10(12)16-9/h2-6H,1H3. The van der Waals surface area contributed by atoms with Gasteiger partial charge in [-0.3, -0.25) is 4.98 Å². The highest BCUT2D eigenvalue weighted by Crippen LogP contribution is 2.22. The van der Waals surface area contributed by atoms with Crippen LogP contribution in [-0.4, -0.2) is 22.4 Å². The Morgan fingerprint density at radius 3 is 2.88 bits per heavy atom. The average molecular weight is 209 g/mol. The molecule has 2 radical (unpaired) electrons. The lowest BCUT2D eigenvalue weighted by Crippen LogP contribution is -1.95. The SMILES string of the molecule is [B]c1ccc(-c2nc3ccncc3n2C)o1. The number of fused-ring (bicyclic) bond motifs is 1. The summed E-state index contributed by atoms with van der Waals surface area (Å²) in [6, 6.07) is 5.39. The largest absolute Gasteiger partial charge is 0.470 e. The number of aryl methyl sites for hydroxylation is 1. The van der Waals surface area contributed by atoms with Crippen LogP contribution in [-0.2, 0) is 7.05 Å². The van der Waals surface area contributed by atoms with Crippen molar-refractivity contribution in [1.82, 2.24) is 14.5 Å². The van der Waals surface area contributed by atoms with Gasteiger partial charge in [0.2, 0.25) is 0 Å². The molecule has 0 saturated carbocycles. The molecule has 5 heteroatoms. The molecule has 0 aliphatic carbocycles. The van der Waals surface area contributed by atoms with Crippen LogP contribution >= 0.6 is 0 Å². The summed E-state index contributed by atoms with van der Waals surface area (Å²) in [4.78, 5) is 8.54. The van der Waals surface area contributed by atoms with Crippen molar-refractivity contribution >= 4 is 24.5 Å². The van der Waals surface area contributed by atoms with E-state index in [9.17, 15) is 0 Å². The number of pyridine rings is 1. The zero-order valence-corrected chi connectivity index (χ0v) is 8.71. The summed E-state index contributed by atoms with van der Waals surface area (Å²) >= 11 is 0. The topological polar surface area (TPSA) is 43.9 Å². The van der Waals surface area contributed by atoms with Gasteiger partial charge in [0.1, 0.15) is 0 Å². The van der Waals surface area contributed by atoms with Crippen molar-refractivity contribution in [3.8, 4) is 11.6 Å². The molecule has 16 heavy (non-hydrogen) atoms. The Kier molecular flexibility index (Phi) is 1.86. The highest BCUT2D eigenvalue weighted by molar-refractivity contribution is 6.29. The predicted octanol–water partition coefficient (Wildman–Crippen LogP) is 1.02. The molecule has 0 bridgehead atoms. The van der Waals surface area contributed by atoms with E-state index in [1.807, 2.05) is 23.7 Å². The van der Waals surface area contributed by atoms with Crippen LogP contribution < -0.4 is 5.66 Å². The minimum atomic E-state index is 0.389. The van der Waals surface area contributed by atoms with E-state index >= 15 is 0 Å². The van der Waals surface area contributed by atoms with Gasteiger partial charge in [-0.15, -0.1) is 0 Å². The molecule has 0 aromatic carbocycles. The van der Waals surface area contributed by atoms with Crippen molar-refractivity contribution in [3.05, 3.63) is 30.6 Å². The Hall–Kier alpha value is -2.04. The van der Waals surface area contributed by atoms with Crippen molar-refractivity contribution < 1.29 is 4.42 Å². The average Bonchev–Trinajstić information content (AvgIpc) is 2.84. The molecule has 0 atom stereocenters.